The first-order valence-corrected chi connectivity index (χ1v) is 4.84. The molecule has 0 N–H and O–H groups in total. The minimum atomic E-state index is 0.553. The maximum atomic E-state index is 5.30. The Balaban J connectivity index is 2.65. The van der Waals surface area contributed by atoms with Crippen molar-refractivity contribution in [3.63, 3.8) is 0 Å². The van der Waals surface area contributed by atoms with Crippen molar-refractivity contribution in [3.05, 3.63) is 0 Å². The quantitative estimate of drug-likeness (QED) is 0.591. The van der Waals surface area contributed by atoms with E-state index >= 15 is 0 Å². The van der Waals surface area contributed by atoms with Gasteiger partial charge in [0.15, 0.2) is 5.90 Å². The Kier molecular flexibility index (Phi) is 3.57. The Morgan fingerprint density at radius 1 is 1.42 bits per heavy atom. The first-order valence-electron chi connectivity index (χ1n) is 4.84. The predicted octanol–water partition coefficient (Wildman–Crippen LogP) is 2.49. The molecule has 0 spiro atoms. The van der Waals surface area contributed by atoms with Gasteiger partial charge in [-0.1, -0.05) is 20.3 Å². The highest BCUT2D eigenvalue weighted by Gasteiger charge is 2.21. The van der Waals surface area contributed by atoms with Crippen molar-refractivity contribution < 1.29 is 4.74 Å². The maximum Gasteiger partial charge on any atom is 0.186 e. The second-order valence-corrected chi connectivity index (χ2v) is 3.77. The third-order valence-corrected chi connectivity index (χ3v) is 2.52. The van der Waals surface area contributed by atoms with Crippen molar-refractivity contribution in [3.8, 4) is 0 Å². The summed E-state index contributed by atoms with van der Waals surface area (Å²) in [6, 6.07) is 0. The first-order chi connectivity index (χ1) is 5.75. The molecule has 0 saturated carbocycles. The zero-order valence-electron chi connectivity index (χ0n) is 8.34. The molecule has 2 heteroatoms. The molecular weight excluding hydrogens is 150 g/mol. The molecule has 1 atom stereocenters. The minimum Gasteiger partial charge on any atom is -0.484 e. The van der Waals surface area contributed by atoms with Crippen LogP contribution in [-0.2, 0) is 4.74 Å². The van der Waals surface area contributed by atoms with Gasteiger partial charge in [-0.2, -0.15) is 0 Å². The molecule has 0 bridgehead atoms. The predicted molar refractivity (Wildman–Crippen MR) is 51.5 cm³/mol. The van der Waals surface area contributed by atoms with Crippen molar-refractivity contribution in [1.82, 2.24) is 0 Å². The van der Waals surface area contributed by atoms with Gasteiger partial charge in [0.25, 0.3) is 0 Å². The van der Waals surface area contributed by atoms with Gasteiger partial charge in [-0.15, -0.1) is 0 Å². The SMILES string of the molecule is COC1=NCCCCC1C(C)C. The van der Waals surface area contributed by atoms with E-state index in [4.69, 9.17) is 4.74 Å². The summed E-state index contributed by atoms with van der Waals surface area (Å²) in [6.07, 6.45) is 3.75. The molecule has 0 radical (unpaired) electrons. The van der Waals surface area contributed by atoms with E-state index in [0.29, 0.717) is 11.8 Å². The summed E-state index contributed by atoms with van der Waals surface area (Å²) in [6.45, 7) is 5.43. The van der Waals surface area contributed by atoms with E-state index in [1.54, 1.807) is 7.11 Å². The average Bonchev–Trinajstić information content (AvgIpc) is 2.27. The lowest BCUT2D eigenvalue weighted by Gasteiger charge is -2.19. The fourth-order valence-electron chi connectivity index (χ4n) is 1.74. The highest BCUT2D eigenvalue weighted by molar-refractivity contribution is 5.79. The van der Waals surface area contributed by atoms with Crippen molar-refractivity contribution in [1.29, 1.82) is 0 Å². The van der Waals surface area contributed by atoms with E-state index in [0.717, 1.165) is 12.4 Å². The molecule has 0 saturated heterocycles. The van der Waals surface area contributed by atoms with Gasteiger partial charge in [0, 0.05) is 12.5 Å². The minimum absolute atomic E-state index is 0.553. The van der Waals surface area contributed by atoms with Crippen molar-refractivity contribution in [2.45, 2.75) is 33.1 Å². The lowest BCUT2D eigenvalue weighted by atomic mass is 9.91. The monoisotopic (exact) mass is 169 g/mol. The van der Waals surface area contributed by atoms with Crippen LogP contribution in [0.5, 0.6) is 0 Å². The number of hydrogen-bond acceptors (Lipinski definition) is 2. The van der Waals surface area contributed by atoms with E-state index in [1.165, 1.54) is 19.3 Å². The molecule has 1 rings (SSSR count). The molecule has 0 aromatic rings. The van der Waals surface area contributed by atoms with E-state index in [9.17, 15) is 0 Å². The number of hydrogen-bond donors (Lipinski definition) is 0. The summed E-state index contributed by atoms with van der Waals surface area (Å²) >= 11 is 0. The molecule has 12 heavy (non-hydrogen) atoms. The molecule has 1 aliphatic heterocycles. The van der Waals surface area contributed by atoms with Crippen LogP contribution in [0.25, 0.3) is 0 Å². The van der Waals surface area contributed by atoms with Crippen LogP contribution < -0.4 is 0 Å². The number of methoxy groups -OCH3 is 1. The Morgan fingerprint density at radius 2 is 2.17 bits per heavy atom. The van der Waals surface area contributed by atoms with Crippen molar-refractivity contribution in [2.24, 2.45) is 16.8 Å². The topological polar surface area (TPSA) is 21.6 Å². The van der Waals surface area contributed by atoms with Crippen LogP contribution in [0, 0.1) is 11.8 Å². The molecule has 0 aliphatic carbocycles. The summed E-state index contributed by atoms with van der Waals surface area (Å²) in [5, 5.41) is 0. The van der Waals surface area contributed by atoms with Crippen molar-refractivity contribution in [2.75, 3.05) is 13.7 Å². The highest BCUT2D eigenvalue weighted by Crippen LogP contribution is 2.22. The number of aliphatic imine (C=N–C) groups is 1. The average molecular weight is 169 g/mol. The maximum absolute atomic E-state index is 5.30. The largest absolute Gasteiger partial charge is 0.484 e. The molecular formula is C10H19NO. The fourth-order valence-corrected chi connectivity index (χ4v) is 1.74. The Labute approximate surface area is 75.0 Å². The van der Waals surface area contributed by atoms with E-state index in [-0.39, 0.29) is 0 Å². The third-order valence-electron chi connectivity index (χ3n) is 2.52. The zero-order valence-corrected chi connectivity index (χ0v) is 8.34. The van der Waals surface area contributed by atoms with Gasteiger partial charge in [0.2, 0.25) is 0 Å². The molecule has 0 aromatic heterocycles. The van der Waals surface area contributed by atoms with Gasteiger partial charge in [0.1, 0.15) is 0 Å². The molecule has 2 nitrogen and oxygen atoms in total. The van der Waals surface area contributed by atoms with Crippen LogP contribution in [0.3, 0.4) is 0 Å². The third kappa shape index (κ3) is 2.23. The molecule has 1 unspecified atom stereocenters. The lowest BCUT2D eigenvalue weighted by molar-refractivity contribution is 0.326. The molecule has 70 valence electrons. The molecule has 0 amide bonds. The second kappa shape index (κ2) is 4.48. The van der Waals surface area contributed by atoms with Gasteiger partial charge in [-0.25, -0.2) is 0 Å². The van der Waals surface area contributed by atoms with Crippen molar-refractivity contribution >= 4 is 5.90 Å². The van der Waals surface area contributed by atoms with Crippen LogP contribution in [0.1, 0.15) is 33.1 Å². The highest BCUT2D eigenvalue weighted by atomic mass is 16.5. The Bertz CT molecular complexity index is 163. The molecule has 1 heterocycles. The van der Waals surface area contributed by atoms with Gasteiger partial charge in [-0.05, 0) is 18.8 Å². The zero-order chi connectivity index (χ0) is 8.97. The van der Waals surface area contributed by atoms with Gasteiger partial charge in [-0.3, -0.25) is 4.99 Å². The lowest BCUT2D eigenvalue weighted by Crippen LogP contribution is -2.21. The summed E-state index contributed by atoms with van der Waals surface area (Å²) in [4.78, 5) is 4.44. The summed E-state index contributed by atoms with van der Waals surface area (Å²) in [5.41, 5.74) is 0. The molecule has 0 aromatic carbocycles. The van der Waals surface area contributed by atoms with E-state index in [1.807, 2.05) is 0 Å². The van der Waals surface area contributed by atoms with E-state index in [2.05, 4.69) is 18.8 Å². The molecule has 1 aliphatic rings. The smallest absolute Gasteiger partial charge is 0.186 e. The first kappa shape index (κ1) is 9.56. The van der Waals surface area contributed by atoms with E-state index < -0.39 is 0 Å². The number of ether oxygens (including phenoxy) is 1. The van der Waals surface area contributed by atoms with Gasteiger partial charge < -0.3 is 4.74 Å². The second-order valence-electron chi connectivity index (χ2n) is 3.77. The summed E-state index contributed by atoms with van der Waals surface area (Å²) in [5.74, 6) is 2.18. The Morgan fingerprint density at radius 3 is 2.75 bits per heavy atom. The Hall–Kier alpha value is -0.530. The van der Waals surface area contributed by atoms with Crippen LogP contribution >= 0.6 is 0 Å². The summed E-state index contributed by atoms with van der Waals surface area (Å²) < 4.78 is 5.30. The number of nitrogens with zero attached hydrogens (tertiary/aromatic N) is 1. The summed E-state index contributed by atoms with van der Waals surface area (Å²) in [7, 11) is 1.74. The van der Waals surface area contributed by atoms with Crippen LogP contribution in [0.15, 0.2) is 4.99 Å². The van der Waals surface area contributed by atoms with Crippen LogP contribution in [0.2, 0.25) is 0 Å². The van der Waals surface area contributed by atoms with Gasteiger partial charge in [0.05, 0.1) is 7.11 Å². The normalized spacial score (nSPS) is 25.0. The number of rotatable bonds is 1. The van der Waals surface area contributed by atoms with Crippen LogP contribution in [-0.4, -0.2) is 19.6 Å². The molecule has 0 fully saturated rings. The van der Waals surface area contributed by atoms with Crippen LogP contribution in [0.4, 0.5) is 0 Å². The fraction of sp³-hybridized carbons (Fsp3) is 0.900. The van der Waals surface area contributed by atoms with Gasteiger partial charge >= 0.3 is 0 Å². The standard InChI is InChI=1S/C10H19NO/c1-8(2)9-6-4-5-7-11-10(9)12-3/h8-9H,4-7H2,1-3H3.